The predicted molar refractivity (Wildman–Crippen MR) is 564 cm³/mol. The van der Waals surface area contributed by atoms with Gasteiger partial charge in [-0.15, -0.1) is 45.3 Å². The van der Waals surface area contributed by atoms with Crippen LogP contribution in [0.5, 0.6) is 0 Å². The van der Waals surface area contributed by atoms with Gasteiger partial charge in [0.05, 0.1) is 78.6 Å². The number of fused-ring (bicyclic) bond motifs is 8. The molecular weight excluding hydrogens is 1900 g/mol. The minimum absolute atomic E-state index is 0.156. The van der Waals surface area contributed by atoms with Crippen LogP contribution in [-0.4, -0.2) is 127 Å². The van der Waals surface area contributed by atoms with E-state index in [-0.39, 0.29) is 10.1 Å². The molecule has 0 aliphatic carbocycles. The van der Waals surface area contributed by atoms with Crippen LogP contribution in [0.1, 0.15) is 214 Å². The number of aryl methyl sites for hydroxylation is 4. The Morgan fingerprint density at radius 3 is 0.955 bits per heavy atom. The van der Waals surface area contributed by atoms with Crippen molar-refractivity contribution in [3.63, 3.8) is 0 Å². The van der Waals surface area contributed by atoms with Gasteiger partial charge in [-0.05, 0) is 361 Å². The smallest absolute Gasteiger partial charge is 0.224 e. The van der Waals surface area contributed by atoms with E-state index in [2.05, 4.69) is 113 Å². The number of allylic oxidation sites excluding steroid dienone is 8. The van der Waals surface area contributed by atoms with Crippen molar-refractivity contribution in [2.75, 3.05) is 96.0 Å². The maximum absolute atomic E-state index is 12.7. The number of thiophene rings is 4. The molecule has 4 atom stereocenters. The summed E-state index contributed by atoms with van der Waals surface area (Å²) in [4.78, 5) is 21.5. The molecule has 8 aliphatic rings. The van der Waals surface area contributed by atoms with Crippen molar-refractivity contribution in [3.8, 4) is 0 Å². The standard InChI is InChI=1S/C15H21NO2S.C15H21NOS.C13H18N2O2S.C13H18N2OS.C11H15NO2S2.C11H15NOS2.C9H12N2O2S2.C9H12N2OS2/c1-8-9(2)11(4)15-14(10(8)3)16(7)12(5)13(6)19(15,17)18;1-8-9(2)11(4)15-14(10(8)3)16(7)12(5)13(6)18(15)17;1-7-8(2)10(4)13-12(9(7)3)15(6)14-11(5)18(13,16)17;1-7-8(2)10(4)13-12(9(7)3)15(6)14-11(5)17(13)16;1-6-8(3)15-11-10(6)16(13,14)9(4)7(2)12(11)5;1-6-8(3)14-11-10(6)15(13)9(4)7(2)12(11)5;1-5-6(2)14-9-8(5)15(12,13)7(3)10-11(9)4;1-5-6(2)13-9-8(5)14(12)7(3)10-11(9)4/h1-7H3;1-7H3;1-6H3;1-6H3;1-5H3;1-5H3;1-4H3;1-4H3. The van der Waals surface area contributed by atoms with E-state index in [1.165, 1.54) is 78.1 Å². The highest BCUT2D eigenvalue weighted by atomic mass is 32.2. The van der Waals surface area contributed by atoms with Gasteiger partial charge in [-0.1, -0.05) is 0 Å². The SMILES string of the molecule is CC1=C(C)S(=O)(=O)c2c(C)c(C)c(C)c(C)c2N1C.CC1=C(C)S(=O)(=O)c2c(sc(C)c2C)N1C.CC1=C(C)S(=O)c2c(C)c(C)c(C)c(C)c2N1C.CC1=C(C)S(=O)c2c(sc(C)c2C)N1C.CC1=NN(C)c2c(C)c(C)c(C)c(C)c2S1(=O)=O.CC1=NN(C)c2c(C)c(C)c(C)c(C)c2S1=O.CC1=NN(C)c2sc(C)c(C)c2S1(=O)=O.CC1=NN(C)c2sc(C)c(C)c2S1=O. The molecule has 8 aromatic rings. The summed E-state index contributed by atoms with van der Waals surface area (Å²) in [7, 11) is -2.20. The Morgan fingerprint density at radius 2 is 0.492 bits per heavy atom. The first-order chi connectivity index (χ1) is 60.6. The first-order valence-electron chi connectivity index (χ1n) is 42.9. The molecule has 0 radical (unpaired) electrons. The molecule has 0 fully saturated rings. The molecule has 132 heavy (non-hydrogen) atoms. The maximum Gasteiger partial charge on any atom is 0.224 e. The van der Waals surface area contributed by atoms with Gasteiger partial charge >= 0.3 is 0 Å². The quantitative estimate of drug-likeness (QED) is 0.136. The highest BCUT2D eigenvalue weighted by Crippen LogP contribution is 2.51. The number of hydrogen-bond acceptors (Lipinski definition) is 28. The zero-order valence-electron chi connectivity index (χ0n) is 85.2. The van der Waals surface area contributed by atoms with Crippen LogP contribution < -0.4 is 39.6 Å². The molecule has 24 nitrogen and oxygen atoms in total. The number of benzene rings is 4. The fraction of sp³-hybridized carbons (Fsp3) is 0.458. The normalized spacial score (nSPS) is 19.0. The molecule has 36 heteroatoms. The molecule has 0 N–H and O–H groups in total. The third kappa shape index (κ3) is 18.4. The molecule has 16 rings (SSSR count). The summed E-state index contributed by atoms with van der Waals surface area (Å²) in [6.07, 6.45) is 0. The van der Waals surface area contributed by atoms with Gasteiger partial charge in [-0.3, -0.25) is 20.0 Å². The van der Waals surface area contributed by atoms with E-state index in [1.54, 1.807) is 78.9 Å². The van der Waals surface area contributed by atoms with E-state index >= 15 is 0 Å². The molecule has 0 bridgehead atoms. The number of hydrogen-bond donors (Lipinski definition) is 0. The summed E-state index contributed by atoms with van der Waals surface area (Å²) in [5.74, 6) is 0. The number of sulfone groups is 4. The Labute approximate surface area is 812 Å². The summed E-state index contributed by atoms with van der Waals surface area (Å²) in [6.45, 7) is 70.2. The van der Waals surface area contributed by atoms with E-state index in [9.17, 15) is 50.5 Å². The zero-order chi connectivity index (χ0) is 101. The van der Waals surface area contributed by atoms with Crippen molar-refractivity contribution in [3.05, 3.63) is 173 Å². The lowest BCUT2D eigenvalue weighted by atomic mass is 9.96. The average molecular weight is 2030 g/mol. The Kier molecular flexibility index (Phi) is 32.1. The van der Waals surface area contributed by atoms with Gasteiger partial charge in [0.1, 0.15) is 66.4 Å². The van der Waals surface area contributed by atoms with Crippen LogP contribution >= 0.6 is 45.3 Å². The number of nitrogens with zero attached hydrogens (tertiary/aromatic N) is 12. The van der Waals surface area contributed by atoms with E-state index in [0.717, 1.165) is 160 Å². The third-order valence-corrected chi connectivity index (χ3v) is 48.0. The molecule has 0 spiro atoms. The minimum Gasteiger partial charge on any atom is -0.346 e. The van der Waals surface area contributed by atoms with E-state index in [1.807, 2.05) is 200 Å². The van der Waals surface area contributed by atoms with Crippen molar-refractivity contribution in [2.45, 2.75) is 288 Å². The van der Waals surface area contributed by atoms with Crippen molar-refractivity contribution in [1.29, 1.82) is 0 Å². The Bertz CT molecular complexity index is 7140. The van der Waals surface area contributed by atoms with Crippen LogP contribution in [0, 0.1) is 166 Å². The van der Waals surface area contributed by atoms with Gasteiger partial charge in [-0.2, -0.15) is 20.4 Å². The van der Waals surface area contributed by atoms with E-state index < -0.39 is 82.5 Å². The fourth-order valence-corrected chi connectivity index (χ4v) is 35.0. The molecule has 4 unspecified atom stereocenters. The monoisotopic (exact) mass is 2030 g/mol. The highest BCUT2D eigenvalue weighted by Gasteiger charge is 2.41. The van der Waals surface area contributed by atoms with Crippen molar-refractivity contribution in [2.24, 2.45) is 20.4 Å². The second kappa shape index (κ2) is 39.3. The topological polar surface area (TPSA) is 280 Å². The molecule has 8 aliphatic heterocycles. The summed E-state index contributed by atoms with van der Waals surface area (Å²) >= 11 is 6.40. The molecule has 0 saturated carbocycles. The summed E-state index contributed by atoms with van der Waals surface area (Å²) in [5.41, 5.74) is 29.5. The predicted octanol–water partition coefficient (Wildman–Crippen LogP) is 22.6. The first-order valence-corrected chi connectivity index (χ1v) is 56.7. The highest BCUT2D eigenvalue weighted by molar-refractivity contribution is 8.07. The molecule has 4 aromatic carbocycles. The number of hydrazone groups is 4. The van der Waals surface area contributed by atoms with Gasteiger partial charge in [0.25, 0.3) is 0 Å². The molecule has 720 valence electrons. The Hall–Kier alpha value is -7.88. The van der Waals surface area contributed by atoms with Crippen molar-refractivity contribution in [1.82, 2.24) is 0 Å². The Morgan fingerprint density at radius 1 is 0.220 bits per heavy atom. The second-order valence-electron chi connectivity index (χ2n) is 34.8. The van der Waals surface area contributed by atoms with Crippen LogP contribution in [0.4, 0.5) is 42.8 Å². The average Bonchev–Trinajstić information content (AvgIpc) is 0.830. The summed E-state index contributed by atoms with van der Waals surface area (Å²) in [6, 6.07) is 0. The van der Waals surface area contributed by atoms with E-state index in [4.69, 9.17) is 0 Å². The van der Waals surface area contributed by atoms with Crippen LogP contribution in [0.3, 0.4) is 0 Å². The van der Waals surface area contributed by atoms with Crippen molar-refractivity contribution < 1.29 is 50.5 Å². The van der Waals surface area contributed by atoms with Crippen LogP contribution in [0.25, 0.3) is 0 Å². The van der Waals surface area contributed by atoms with Gasteiger partial charge in [0.2, 0.25) is 39.3 Å². The number of anilines is 8. The lowest BCUT2D eigenvalue weighted by molar-refractivity contribution is 0.597. The summed E-state index contributed by atoms with van der Waals surface area (Å²) in [5, 5.41) is 29.0. The maximum atomic E-state index is 12.7. The lowest BCUT2D eigenvalue weighted by Gasteiger charge is -2.33. The largest absolute Gasteiger partial charge is 0.346 e. The van der Waals surface area contributed by atoms with E-state index in [0.29, 0.717) is 45.2 Å². The summed E-state index contributed by atoms with van der Waals surface area (Å²) < 4.78 is 148. The van der Waals surface area contributed by atoms with Gasteiger partial charge in [0.15, 0.2) is 10.1 Å². The zero-order valence-corrected chi connectivity index (χ0v) is 95.0. The van der Waals surface area contributed by atoms with Crippen LogP contribution in [0.2, 0.25) is 0 Å². The van der Waals surface area contributed by atoms with Crippen LogP contribution in [0.15, 0.2) is 102 Å². The number of rotatable bonds is 0. The Balaban J connectivity index is 0.000000170. The molecule has 0 amide bonds. The minimum atomic E-state index is -3.44. The molecular formula is C96H132N12O12S12. The van der Waals surface area contributed by atoms with Gasteiger partial charge in [-0.25, -0.2) is 50.5 Å². The fourth-order valence-electron chi connectivity index (χ4n) is 16.7. The molecule has 4 aromatic heterocycles. The van der Waals surface area contributed by atoms with Gasteiger partial charge < -0.3 is 19.6 Å². The lowest BCUT2D eigenvalue weighted by Crippen LogP contribution is -2.28. The molecule has 0 saturated heterocycles. The van der Waals surface area contributed by atoms with Crippen molar-refractivity contribution >= 4 is 191 Å². The molecule has 12 heterocycles. The second-order valence-corrected chi connectivity index (χ2v) is 53.9. The third-order valence-electron chi connectivity index (χ3n) is 27.9. The van der Waals surface area contributed by atoms with Crippen LogP contribution in [-0.2, 0) is 82.5 Å². The first kappa shape index (κ1) is 108. The van der Waals surface area contributed by atoms with Gasteiger partial charge in [0, 0.05) is 108 Å².